The van der Waals surface area contributed by atoms with E-state index in [0.29, 0.717) is 24.5 Å². The molecule has 3 heterocycles. The van der Waals surface area contributed by atoms with E-state index in [9.17, 15) is 4.79 Å². The molecule has 1 aliphatic rings. The normalized spacial score (nSPS) is 15.8. The van der Waals surface area contributed by atoms with Gasteiger partial charge in [-0.05, 0) is 54.7 Å². The zero-order valence-corrected chi connectivity index (χ0v) is 19.7. The number of hydrogen-bond donors (Lipinski definition) is 1. The number of amides is 1. The zero-order valence-electron chi connectivity index (χ0n) is 19.7. The smallest absolute Gasteiger partial charge is 0.224 e. The molecule has 1 amide bonds. The van der Waals surface area contributed by atoms with E-state index in [0.717, 1.165) is 31.6 Å². The predicted molar refractivity (Wildman–Crippen MR) is 137 cm³/mol. The second-order valence-electron chi connectivity index (χ2n) is 8.99. The summed E-state index contributed by atoms with van der Waals surface area (Å²) < 4.78 is 5.40. The number of aromatic nitrogens is 2. The first kappa shape index (κ1) is 22.8. The van der Waals surface area contributed by atoms with Crippen LogP contribution in [0.1, 0.15) is 36.3 Å². The lowest BCUT2D eigenvalue weighted by atomic mass is 9.88. The van der Waals surface area contributed by atoms with E-state index in [2.05, 4.69) is 68.9 Å². The maximum atomic E-state index is 13.1. The van der Waals surface area contributed by atoms with Crippen molar-refractivity contribution >= 4 is 11.7 Å². The molecule has 1 saturated heterocycles. The molecular formula is C29H30N4O2. The van der Waals surface area contributed by atoms with Gasteiger partial charge in [0.05, 0.1) is 12.2 Å². The first-order valence-corrected chi connectivity index (χ1v) is 12.3. The van der Waals surface area contributed by atoms with Crippen LogP contribution in [0.15, 0.2) is 95.6 Å². The third-order valence-electron chi connectivity index (χ3n) is 6.68. The summed E-state index contributed by atoms with van der Waals surface area (Å²) >= 11 is 0. The number of nitrogens with one attached hydrogen (secondary N) is 1. The number of hydrogen-bond acceptors (Lipinski definition) is 5. The highest BCUT2D eigenvalue weighted by molar-refractivity contribution is 5.79. The Morgan fingerprint density at radius 3 is 2.31 bits per heavy atom. The molecule has 1 aliphatic heterocycles. The van der Waals surface area contributed by atoms with Crippen LogP contribution < -0.4 is 10.2 Å². The molecular weight excluding hydrogens is 436 g/mol. The molecule has 0 aliphatic carbocycles. The third kappa shape index (κ3) is 5.60. The molecule has 1 N–H and O–H groups in total. The summed E-state index contributed by atoms with van der Waals surface area (Å²) in [5.74, 6) is 1.82. The highest BCUT2D eigenvalue weighted by Gasteiger charge is 2.27. The average Bonchev–Trinajstić information content (AvgIpc) is 3.47. The van der Waals surface area contributed by atoms with Crippen LogP contribution in [0.3, 0.4) is 0 Å². The van der Waals surface area contributed by atoms with E-state index in [1.165, 1.54) is 11.1 Å². The summed E-state index contributed by atoms with van der Waals surface area (Å²) in [4.78, 5) is 15.2. The standard InChI is InChI=1S/C29H30N4O2/c34-29(30-18-17-25(22-9-3-1-4-10-22)23-11-5-2-6-12-23)24-13-7-19-33(21-24)28-16-15-26(31-32-28)27-14-8-20-35-27/h1-6,8-12,14-16,20,24-25H,7,13,17-19,21H2,(H,30,34). The Labute approximate surface area is 206 Å². The number of rotatable bonds is 8. The van der Waals surface area contributed by atoms with Gasteiger partial charge in [0.1, 0.15) is 5.69 Å². The minimum absolute atomic E-state index is 0.0535. The van der Waals surface area contributed by atoms with Crippen LogP contribution in [0.2, 0.25) is 0 Å². The first-order chi connectivity index (χ1) is 17.3. The van der Waals surface area contributed by atoms with Crippen LogP contribution in [0.4, 0.5) is 5.82 Å². The van der Waals surface area contributed by atoms with Gasteiger partial charge in [-0.25, -0.2) is 0 Å². The lowest BCUT2D eigenvalue weighted by Gasteiger charge is -2.32. The van der Waals surface area contributed by atoms with Gasteiger partial charge in [-0.15, -0.1) is 10.2 Å². The van der Waals surface area contributed by atoms with Crippen LogP contribution in [-0.2, 0) is 4.79 Å². The van der Waals surface area contributed by atoms with E-state index in [1.807, 2.05) is 36.4 Å². The molecule has 35 heavy (non-hydrogen) atoms. The predicted octanol–water partition coefficient (Wildman–Crippen LogP) is 5.29. The van der Waals surface area contributed by atoms with Crippen molar-refractivity contribution in [3.05, 3.63) is 102 Å². The van der Waals surface area contributed by atoms with Gasteiger partial charge in [0.2, 0.25) is 5.91 Å². The van der Waals surface area contributed by atoms with E-state index >= 15 is 0 Å². The molecule has 1 unspecified atom stereocenters. The molecule has 0 spiro atoms. The molecule has 0 radical (unpaired) electrons. The van der Waals surface area contributed by atoms with Gasteiger partial charge in [-0.1, -0.05) is 60.7 Å². The number of piperidine rings is 1. The van der Waals surface area contributed by atoms with Crippen LogP contribution in [0, 0.1) is 5.92 Å². The Morgan fingerprint density at radius 1 is 0.943 bits per heavy atom. The molecule has 2 aromatic carbocycles. The summed E-state index contributed by atoms with van der Waals surface area (Å²) in [6.45, 7) is 2.17. The molecule has 4 aromatic rings. The average molecular weight is 467 g/mol. The highest BCUT2D eigenvalue weighted by atomic mass is 16.3. The number of carbonyl (C=O) groups is 1. The molecule has 1 atom stereocenters. The Hall–Kier alpha value is -3.93. The van der Waals surface area contributed by atoms with E-state index < -0.39 is 0 Å². The van der Waals surface area contributed by atoms with Crippen molar-refractivity contribution in [2.75, 3.05) is 24.5 Å². The Morgan fingerprint density at radius 2 is 1.69 bits per heavy atom. The monoisotopic (exact) mass is 466 g/mol. The summed E-state index contributed by atoms with van der Waals surface area (Å²) in [5, 5.41) is 11.9. The van der Waals surface area contributed by atoms with Crippen LogP contribution in [-0.4, -0.2) is 35.7 Å². The highest BCUT2D eigenvalue weighted by Crippen LogP contribution is 2.28. The van der Waals surface area contributed by atoms with Crippen molar-refractivity contribution in [1.29, 1.82) is 0 Å². The van der Waals surface area contributed by atoms with Gasteiger partial charge in [0, 0.05) is 25.6 Å². The van der Waals surface area contributed by atoms with Gasteiger partial charge in [0.15, 0.2) is 11.6 Å². The number of anilines is 1. The van der Waals surface area contributed by atoms with Gasteiger partial charge in [-0.3, -0.25) is 4.79 Å². The van der Waals surface area contributed by atoms with Crippen molar-refractivity contribution in [1.82, 2.24) is 15.5 Å². The van der Waals surface area contributed by atoms with Crippen molar-refractivity contribution in [3.8, 4) is 11.5 Å². The van der Waals surface area contributed by atoms with Gasteiger partial charge in [0.25, 0.3) is 0 Å². The number of furan rings is 1. The first-order valence-electron chi connectivity index (χ1n) is 12.3. The molecule has 0 saturated carbocycles. The maximum Gasteiger partial charge on any atom is 0.224 e. The maximum absolute atomic E-state index is 13.1. The molecule has 0 bridgehead atoms. The van der Waals surface area contributed by atoms with Gasteiger partial charge < -0.3 is 14.6 Å². The largest absolute Gasteiger partial charge is 0.463 e. The summed E-state index contributed by atoms with van der Waals surface area (Å²) in [6.07, 6.45) is 4.33. The van der Waals surface area contributed by atoms with Crippen LogP contribution in [0.5, 0.6) is 0 Å². The van der Waals surface area contributed by atoms with Crippen molar-refractivity contribution in [3.63, 3.8) is 0 Å². The van der Waals surface area contributed by atoms with Crippen molar-refractivity contribution < 1.29 is 9.21 Å². The number of carbonyl (C=O) groups excluding carboxylic acids is 1. The Bertz CT molecular complexity index is 1160. The topological polar surface area (TPSA) is 71.3 Å². The molecule has 178 valence electrons. The number of benzene rings is 2. The van der Waals surface area contributed by atoms with Gasteiger partial charge in [-0.2, -0.15) is 0 Å². The fraction of sp³-hybridized carbons (Fsp3) is 0.276. The molecule has 2 aromatic heterocycles. The summed E-state index contributed by atoms with van der Waals surface area (Å²) in [7, 11) is 0. The van der Waals surface area contributed by atoms with E-state index in [-0.39, 0.29) is 17.7 Å². The molecule has 6 nitrogen and oxygen atoms in total. The fourth-order valence-corrected chi connectivity index (χ4v) is 4.83. The molecule has 1 fully saturated rings. The minimum atomic E-state index is -0.0535. The minimum Gasteiger partial charge on any atom is -0.463 e. The third-order valence-corrected chi connectivity index (χ3v) is 6.68. The van der Waals surface area contributed by atoms with E-state index in [4.69, 9.17) is 4.42 Å². The van der Waals surface area contributed by atoms with Crippen molar-refractivity contribution in [2.24, 2.45) is 5.92 Å². The Balaban J connectivity index is 1.18. The lowest BCUT2D eigenvalue weighted by Crippen LogP contribution is -2.43. The SMILES string of the molecule is O=C(NCCC(c1ccccc1)c1ccccc1)C1CCCN(c2ccc(-c3ccco3)nn2)C1. The Kier molecular flexibility index (Phi) is 7.18. The fourth-order valence-electron chi connectivity index (χ4n) is 4.83. The quantitative estimate of drug-likeness (QED) is 0.382. The van der Waals surface area contributed by atoms with Gasteiger partial charge >= 0.3 is 0 Å². The second kappa shape index (κ2) is 11.0. The number of nitrogens with zero attached hydrogens (tertiary/aromatic N) is 3. The van der Waals surface area contributed by atoms with E-state index in [1.54, 1.807) is 6.26 Å². The second-order valence-corrected chi connectivity index (χ2v) is 8.99. The molecule has 6 heteroatoms. The summed E-state index contributed by atoms with van der Waals surface area (Å²) in [6, 6.07) is 28.6. The van der Waals surface area contributed by atoms with Crippen LogP contribution in [0.25, 0.3) is 11.5 Å². The molecule has 5 rings (SSSR count). The summed E-state index contributed by atoms with van der Waals surface area (Å²) in [5.41, 5.74) is 3.25. The van der Waals surface area contributed by atoms with Crippen molar-refractivity contribution in [2.45, 2.75) is 25.2 Å². The lowest BCUT2D eigenvalue weighted by molar-refractivity contribution is -0.125. The van der Waals surface area contributed by atoms with Crippen LogP contribution >= 0.6 is 0 Å². The zero-order chi connectivity index (χ0) is 23.9.